The molecule has 1 saturated heterocycles. The first-order valence-corrected chi connectivity index (χ1v) is 9.96. The summed E-state index contributed by atoms with van der Waals surface area (Å²) in [6, 6.07) is 14.0. The number of hydrogen-bond acceptors (Lipinski definition) is 6. The van der Waals surface area contributed by atoms with Crippen LogP contribution in [0, 0.1) is 12.7 Å². The van der Waals surface area contributed by atoms with Gasteiger partial charge in [0.2, 0.25) is 5.89 Å². The van der Waals surface area contributed by atoms with Gasteiger partial charge in [-0.25, -0.2) is 4.39 Å². The number of halogens is 1. The van der Waals surface area contributed by atoms with Crippen molar-refractivity contribution in [2.24, 2.45) is 0 Å². The third kappa shape index (κ3) is 4.42. The van der Waals surface area contributed by atoms with E-state index in [9.17, 15) is 9.18 Å². The van der Waals surface area contributed by atoms with Crippen molar-refractivity contribution in [2.75, 3.05) is 36.0 Å². The van der Waals surface area contributed by atoms with Crippen LogP contribution in [0.25, 0.3) is 0 Å². The van der Waals surface area contributed by atoms with Gasteiger partial charge in [-0.05, 0) is 50.2 Å². The second-order valence-corrected chi connectivity index (χ2v) is 7.44. The molecule has 4 rings (SSSR count). The topological polar surface area (TPSA) is 74.5 Å². The number of aryl methyl sites for hydroxylation is 1. The van der Waals surface area contributed by atoms with Crippen molar-refractivity contribution in [3.63, 3.8) is 0 Å². The van der Waals surface area contributed by atoms with E-state index in [1.807, 2.05) is 36.9 Å². The van der Waals surface area contributed by atoms with Gasteiger partial charge < -0.3 is 19.5 Å². The van der Waals surface area contributed by atoms with Gasteiger partial charge in [0.15, 0.2) is 0 Å². The van der Waals surface area contributed by atoms with Crippen LogP contribution in [0.5, 0.6) is 0 Å². The number of hydrogen-bond donors (Lipinski definition) is 1. The van der Waals surface area contributed by atoms with E-state index in [4.69, 9.17) is 4.42 Å². The number of anilines is 2. The quantitative estimate of drug-likeness (QED) is 0.697. The summed E-state index contributed by atoms with van der Waals surface area (Å²) in [6.07, 6.45) is 0. The predicted molar refractivity (Wildman–Crippen MR) is 112 cm³/mol. The summed E-state index contributed by atoms with van der Waals surface area (Å²) in [6.45, 7) is 6.72. The zero-order chi connectivity index (χ0) is 21.1. The number of benzene rings is 2. The van der Waals surface area contributed by atoms with Crippen LogP contribution >= 0.6 is 0 Å². The molecule has 1 atom stereocenters. The standard InChI is InChI=1S/C22H24FN5O2/c1-15-4-3-5-17(14-15)20(29)24-16(2)21-25-26-22(30-21)28-12-10-27(11-13-28)19-8-6-18(23)7-9-19/h3-9,14,16H,10-13H2,1-2H3,(H,24,29). The average molecular weight is 409 g/mol. The molecule has 0 bridgehead atoms. The fourth-order valence-corrected chi connectivity index (χ4v) is 3.47. The van der Waals surface area contributed by atoms with Crippen LogP contribution < -0.4 is 15.1 Å². The van der Waals surface area contributed by atoms with E-state index in [2.05, 4.69) is 20.4 Å². The maximum absolute atomic E-state index is 13.1. The first-order valence-electron chi connectivity index (χ1n) is 9.96. The highest BCUT2D eigenvalue weighted by Crippen LogP contribution is 2.22. The normalized spacial score (nSPS) is 15.2. The maximum atomic E-state index is 13.1. The van der Waals surface area contributed by atoms with Gasteiger partial charge in [0.25, 0.3) is 5.91 Å². The Morgan fingerprint density at radius 1 is 1.07 bits per heavy atom. The summed E-state index contributed by atoms with van der Waals surface area (Å²) in [4.78, 5) is 16.7. The van der Waals surface area contributed by atoms with Gasteiger partial charge >= 0.3 is 6.01 Å². The fourth-order valence-electron chi connectivity index (χ4n) is 3.47. The Morgan fingerprint density at radius 3 is 2.47 bits per heavy atom. The van der Waals surface area contributed by atoms with Crippen molar-refractivity contribution >= 4 is 17.6 Å². The fraction of sp³-hybridized carbons (Fsp3) is 0.318. The molecule has 1 aliphatic heterocycles. The number of carbonyl (C=O) groups is 1. The zero-order valence-corrected chi connectivity index (χ0v) is 17.0. The summed E-state index contributed by atoms with van der Waals surface area (Å²) >= 11 is 0. The van der Waals surface area contributed by atoms with E-state index >= 15 is 0 Å². The molecular formula is C22H24FN5O2. The molecule has 1 unspecified atom stereocenters. The molecule has 1 aromatic heterocycles. The molecule has 156 valence electrons. The first kappa shape index (κ1) is 19.9. The molecule has 1 amide bonds. The molecular weight excluding hydrogens is 385 g/mol. The zero-order valence-electron chi connectivity index (χ0n) is 17.0. The minimum absolute atomic E-state index is 0.182. The Morgan fingerprint density at radius 2 is 1.77 bits per heavy atom. The minimum Gasteiger partial charge on any atom is -0.406 e. The number of amides is 1. The SMILES string of the molecule is Cc1cccc(C(=O)NC(C)c2nnc(N3CCN(c4ccc(F)cc4)CC3)o2)c1. The molecule has 0 radical (unpaired) electrons. The molecule has 7 nitrogen and oxygen atoms in total. The number of nitrogens with zero attached hydrogens (tertiary/aromatic N) is 4. The van der Waals surface area contributed by atoms with Crippen LogP contribution in [0.3, 0.4) is 0 Å². The molecule has 2 heterocycles. The van der Waals surface area contributed by atoms with Gasteiger partial charge in [-0.2, -0.15) is 0 Å². The molecule has 0 aliphatic carbocycles. The maximum Gasteiger partial charge on any atom is 0.318 e. The van der Waals surface area contributed by atoms with Crippen molar-refractivity contribution in [1.29, 1.82) is 0 Å². The summed E-state index contributed by atoms with van der Waals surface area (Å²) in [5.74, 6) is -0.0507. The van der Waals surface area contributed by atoms with Crippen molar-refractivity contribution in [2.45, 2.75) is 19.9 Å². The predicted octanol–water partition coefficient (Wildman–Crippen LogP) is 3.33. The van der Waals surface area contributed by atoms with E-state index in [-0.39, 0.29) is 11.7 Å². The van der Waals surface area contributed by atoms with Gasteiger partial charge in [0.05, 0.1) is 0 Å². The van der Waals surface area contributed by atoms with Gasteiger partial charge in [-0.3, -0.25) is 4.79 Å². The Balaban J connectivity index is 1.35. The molecule has 30 heavy (non-hydrogen) atoms. The van der Waals surface area contributed by atoms with Crippen LogP contribution in [-0.4, -0.2) is 42.3 Å². The molecule has 0 saturated carbocycles. The lowest BCUT2D eigenvalue weighted by Gasteiger charge is -2.35. The molecule has 1 fully saturated rings. The monoisotopic (exact) mass is 409 g/mol. The highest BCUT2D eigenvalue weighted by Gasteiger charge is 2.24. The first-order chi connectivity index (χ1) is 14.5. The van der Waals surface area contributed by atoms with Crippen molar-refractivity contribution in [3.8, 4) is 0 Å². The smallest absolute Gasteiger partial charge is 0.318 e. The van der Waals surface area contributed by atoms with E-state index < -0.39 is 6.04 Å². The molecule has 1 N–H and O–H groups in total. The van der Waals surface area contributed by atoms with Crippen molar-refractivity contribution < 1.29 is 13.6 Å². The summed E-state index contributed by atoms with van der Waals surface area (Å²) in [5.41, 5.74) is 2.61. The highest BCUT2D eigenvalue weighted by molar-refractivity contribution is 5.94. The van der Waals surface area contributed by atoms with Crippen molar-refractivity contribution in [1.82, 2.24) is 15.5 Å². The number of nitrogens with one attached hydrogen (secondary N) is 1. The number of carbonyl (C=O) groups excluding carboxylic acids is 1. The van der Waals surface area contributed by atoms with Gasteiger partial charge in [-0.1, -0.05) is 22.8 Å². The van der Waals surface area contributed by atoms with Crippen LogP contribution in [0.4, 0.5) is 16.1 Å². The van der Waals surface area contributed by atoms with Gasteiger partial charge in [0.1, 0.15) is 11.9 Å². The number of rotatable bonds is 5. The Hall–Kier alpha value is -3.42. The average Bonchev–Trinajstić information content (AvgIpc) is 3.25. The Labute approximate surface area is 174 Å². The molecule has 1 aliphatic rings. The molecule has 3 aromatic rings. The van der Waals surface area contributed by atoms with Crippen LogP contribution in [0.1, 0.15) is 34.8 Å². The summed E-state index contributed by atoms with van der Waals surface area (Å²) < 4.78 is 18.9. The second kappa shape index (κ2) is 8.52. The molecule has 0 spiro atoms. The lowest BCUT2D eigenvalue weighted by atomic mass is 10.1. The van der Waals surface area contributed by atoms with Crippen LogP contribution in [0.15, 0.2) is 52.9 Å². The van der Waals surface area contributed by atoms with Crippen LogP contribution in [0.2, 0.25) is 0 Å². The van der Waals surface area contributed by atoms with Gasteiger partial charge in [-0.15, -0.1) is 5.10 Å². The highest BCUT2D eigenvalue weighted by atomic mass is 19.1. The second-order valence-electron chi connectivity index (χ2n) is 7.44. The lowest BCUT2D eigenvalue weighted by Crippen LogP contribution is -2.46. The van der Waals surface area contributed by atoms with Gasteiger partial charge in [0, 0.05) is 37.4 Å². The third-order valence-corrected chi connectivity index (χ3v) is 5.17. The summed E-state index contributed by atoms with van der Waals surface area (Å²) in [5, 5.41) is 11.2. The van der Waals surface area contributed by atoms with E-state index in [0.717, 1.165) is 24.3 Å². The van der Waals surface area contributed by atoms with E-state index in [1.54, 1.807) is 18.2 Å². The largest absolute Gasteiger partial charge is 0.406 e. The summed E-state index contributed by atoms with van der Waals surface area (Å²) in [7, 11) is 0. The Bertz CT molecular complexity index is 1010. The van der Waals surface area contributed by atoms with E-state index in [0.29, 0.717) is 30.6 Å². The third-order valence-electron chi connectivity index (χ3n) is 5.17. The Kier molecular flexibility index (Phi) is 5.65. The van der Waals surface area contributed by atoms with Crippen molar-refractivity contribution in [3.05, 3.63) is 71.4 Å². The number of aromatic nitrogens is 2. The van der Waals surface area contributed by atoms with Crippen LogP contribution in [-0.2, 0) is 0 Å². The number of piperazine rings is 1. The lowest BCUT2D eigenvalue weighted by molar-refractivity contribution is 0.0934. The van der Waals surface area contributed by atoms with E-state index in [1.165, 1.54) is 12.1 Å². The minimum atomic E-state index is -0.403. The molecule has 2 aromatic carbocycles. The molecule has 8 heteroatoms.